The van der Waals surface area contributed by atoms with E-state index in [0.717, 1.165) is 12.8 Å². The molecule has 1 atom stereocenters. The molecule has 0 aromatic rings. The van der Waals surface area contributed by atoms with Crippen molar-refractivity contribution >= 4 is 28.4 Å². The molecule has 0 aromatic carbocycles. The normalized spacial score (nSPS) is 13.1. The average Bonchev–Trinajstić information content (AvgIpc) is 1.86. The molecule has 0 radical (unpaired) electrons. The summed E-state index contributed by atoms with van der Waals surface area (Å²) in [6.45, 7) is 2.07. The molecule has 0 heterocycles. The highest BCUT2D eigenvalue weighted by molar-refractivity contribution is 6.63. The van der Waals surface area contributed by atoms with Gasteiger partial charge in [-0.2, -0.15) is 0 Å². The minimum Gasteiger partial charge on any atom is -0.281 e. The number of carbonyl (C=O) groups excluding carboxylic acids is 1. The molecule has 0 saturated heterocycles. The second-order valence-corrected chi connectivity index (χ2v) is 3.10. The van der Waals surface area contributed by atoms with Crippen LogP contribution in [-0.4, -0.2) is 11.1 Å². The van der Waals surface area contributed by atoms with Gasteiger partial charge >= 0.3 is 0 Å². The molecule has 0 aliphatic carbocycles. The van der Waals surface area contributed by atoms with E-state index in [9.17, 15) is 4.79 Å². The van der Waals surface area contributed by atoms with Crippen LogP contribution in [0.4, 0.5) is 0 Å². The lowest BCUT2D eigenvalue weighted by Crippen LogP contribution is -2.05. The number of halogens is 2. The van der Waals surface area contributed by atoms with E-state index in [1.165, 1.54) is 0 Å². The van der Waals surface area contributed by atoms with Crippen LogP contribution in [-0.2, 0) is 4.79 Å². The number of hydrogen-bond acceptors (Lipinski definition) is 1. The third kappa shape index (κ3) is 5.07. The molecule has 0 fully saturated rings. The number of alkyl halides is 1. The van der Waals surface area contributed by atoms with Crippen LogP contribution >= 0.6 is 23.2 Å². The van der Waals surface area contributed by atoms with Gasteiger partial charge in [-0.3, -0.25) is 4.79 Å². The van der Waals surface area contributed by atoms with Gasteiger partial charge in [-0.25, -0.2) is 0 Å². The number of hydrogen-bond donors (Lipinski definition) is 0. The van der Waals surface area contributed by atoms with Crippen molar-refractivity contribution in [2.24, 2.45) is 5.92 Å². The van der Waals surface area contributed by atoms with Gasteiger partial charge in [-0.1, -0.05) is 13.3 Å². The molecule has 0 saturated carbocycles. The van der Waals surface area contributed by atoms with Crippen molar-refractivity contribution in [3.63, 3.8) is 0 Å². The Morgan fingerprint density at radius 1 is 1.60 bits per heavy atom. The molecule has 0 aliphatic heterocycles. The van der Waals surface area contributed by atoms with Crippen molar-refractivity contribution in [3.05, 3.63) is 0 Å². The average molecular weight is 183 g/mol. The minimum absolute atomic E-state index is 0.275. The third-order valence-corrected chi connectivity index (χ3v) is 1.96. The van der Waals surface area contributed by atoms with Crippen LogP contribution in [0, 0.1) is 5.92 Å². The van der Waals surface area contributed by atoms with Crippen LogP contribution in [0.15, 0.2) is 0 Å². The summed E-state index contributed by atoms with van der Waals surface area (Å²) in [7, 11) is 0. The molecule has 0 unspecified atom stereocenters. The molecule has 60 valence electrons. The highest BCUT2D eigenvalue weighted by atomic mass is 35.5. The van der Waals surface area contributed by atoms with Gasteiger partial charge in [-0.05, 0) is 23.9 Å². The zero-order chi connectivity index (χ0) is 7.98. The fraction of sp³-hybridized carbons (Fsp3) is 0.857. The second kappa shape index (κ2) is 5.99. The van der Waals surface area contributed by atoms with Gasteiger partial charge in [0.2, 0.25) is 5.24 Å². The van der Waals surface area contributed by atoms with E-state index in [-0.39, 0.29) is 11.2 Å². The molecule has 3 heteroatoms. The van der Waals surface area contributed by atoms with Gasteiger partial charge in [0, 0.05) is 12.3 Å². The maximum atomic E-state index is 10.4. The molecule has 0 spiro atoms. The van der Waals surface area contributed by atoms with E-state index in [1.54, 1.807) is 0 Å². The molecule has 0 amide bonds. The van der Waals surface area contributed by atoms with Crippen molar-refractivity contribution in [2.45, 2.75) is 26.2 Å². The fourth-order valence-corrected chi connectivity index (χ4v) is 1.35. The summed E-state index contributed by atoms with van der Waals surface area (Å²) >= 11 is 10.8. The first-order valence-corrected chi connectivity index (χ1v) is 4.36. The van der Waals surface area contributed by atoms with Gasteiger partial charge in [-0.15, -0.1) is 11.6 Å². The maximum Gasteiger partial charge on any atom is 0.221 e. The Kier molecular flexibility index (Phi) is 6.14. The molecule has 0 aliphatic rings. The number of rotatable bonds is 5. The zero-order valence-electron chi connectivity index (χ0n) is 6.07. The smallest absolute Gasteiger partial charge is 0.221 e. The molecular weight excluding hydrogens is 171 g/mol. The summed E-state index contributed by atoms with van der Waals surface area (Å²) in [5.74, 6) is 0.809. The van der Waals surface area contributed by atoms with Gasteiger partial charge in [0.15, 0.2) is 0 Å². The maximum absolute atomic E-state index is 10.4. The monoisotopic (exact) mass is 182 g/mol. The Morgan fingerprint density at radius 3 is 2.50 bits per heavy atom. The first-order valence-electron chi connectivity index (χ1n) is 3.45. The summed E-state index contributed by atoms with van der Waals surface area (Å²) in [6, 6.07) is 0. The molecule has 0 rings (SSSR count). The molecular formula is C7H12Cl2O. The van der Waals surface area contributed by atoms with Gasteiger partial charge < -0.3 is 0 Å². The Morgan fingerprint density at radius 2 is 2.20 bits per heavy atom. The topological polar surface area (TPSA) is 17.1 Å². The predicted molar refractivity (Wildman–Crippen MR) is 44.6 cm³/mol. The summed E-state index contributed by atoms with van der Waals surface area (Å²) in [4.78, 5) is 10.4. The minimum atomic E-state index is -0.279. The number of carbonyl (C=O) groups is 1. The van der Waals surface area contributed by atoms with E-state index in [1.807, 2.05) is 0 Å². The lowest BCUT2D eigenvalue weighted by Gasteiger charge is -2.07. The Balaban J connectivity index is 3.49. The van der Waals surface area contributed by atoms with Crippen LogP contribution in [0.2, 0.25) is 0 Å². The Bertz CT molecular complexity index is 104. The molecule has 0 aromatic heterocycles. The zero-order valence-corrected chi connectivity index (χ0v) is 7.58. The van der Waals surface area contributed by atoms with E-state index < -0.39 is 0 Å². The van der Waals surface area contributed by atoms with E-state index in [2.05, 4.69) is 6.92 Å². The van der Waals surface area contributed by atoms with Gasteiger partial charge in [0.1, 0.15) is 0 Å². The van der Waals surface area contributed by atoms with Gasteiger partial charge in [0.25, 0.3) is 0 Å². The van der Waals surface area contributed by atoms with Crippen LogP contribution < -0.4 is 0 Å². The molecule has 0 N–H and O–H groups in total. The second-order valence-electron chi connectivity index (χ2n) is 2.37. The largest absolute Gasteiger partial charge is 0.281 e. The van der Waals surface area contributed by atoms with E-state index in [4.69, 9.17) is 23.2 Å². The first kappa shape index (κ1) is 10.2. The Labute approximate surface area is 71.7 Å². The van der Waals surface area contributed by atoms with Crippen molar-refractivity contribution in [3.8, 4) is 0 Å². The van der Waals surface area contributed by atoms with Gasteiger partial charge in [0.05, 0.1) is 0 Å². The lowest BCUT2D eigenvalue weighted by atomic mass is 10.0. The molecule has 10 heavy (non-hydrogen) atoms. The van der Waals surface area contributed by atoms with Crippen molar-refractivity contribution in [2.75, 3.05) is 5.88 Å². The standard InChI is InChI=1S/C7H12Cl2O/c1-2-3-6(5-8)4-7(9)10/h6H,2-5H2,1H3/t6-/m1/s1. The first-order chi connectivity index (χ1) is 4.70. The summed E-state index contributed by atoms with van der Waals surface area (Å²) in [5, 5.41) is -0.279. The lowest BCUT2D eigenvalue weighted by molar-refractivity contribution is -0.112. The van der Waals surface area contributed by atoms with Crippen molar-refractivity contribution in [1.29, 1.82) is 0 Å². The molecule has 0 bridgehead atoms. The SMILES string of the molecule is CCC[C@@H](CCl)CC(=O)Cl. The van der Waals surface area contributed by atoms with Crippen LogP contribution in [0.25, 0.3) is 0 Å². The summed E-state index contributed by atoms with van der Waals surface area (Å²) < 4.78 is 0. The summed E-state index contributed by atoms with van der Waals surface area (Å²) in [6.07, 6.45) is 2.46. The third-order valence-electron chi connectivity index (χ3n) is 1.36. The van der Waals surface area contributed by atoms with Crippen LogP contribution in [0.1, 0.15) is 26.2 Å². The van der Waals surface area contributed by atoms with Crippen LogP contribution in [0.5, 0.6) is 0 Å². The van der Waals surface area contributed by atoms with Crippen molar-refractivity contribution < 1.29 is 4.79 Å². The highest BCUT2D eigenvalue weighted by Crippen LogP contribution is 2.14. The summed E-state index contributed by atoms with van der Waals surface area (Å²) in [5.41, 5.74) is 0. The van der Waals surface area contributed by atoms with Crippen molar-refractivity contribution in [1.82, 2.24) is 0 Å². The van der Waals surface area contributed by atoms with Crippen LogP contribution in [0.3, 0.4) is 0 Å². The fourth-order valence-electron chi connectivity index (χ4n) is 0.869. The van der Waals surface area contributed by atoms with E-state index >= 15 is 0 Å². The quantitative estimate of drug-likeness (QED) is 0.473. The molecule has 1 nitrogen and oxygen atoms in total. The predicted octanol–water partition coefficient (Wildman–Crippen LogP) is 2.80. The highest BCUT2D eigenvalue weighted by Gasteiger charge is 2.09. The van der Waals surface area contributed by atoms with E-state index in [0.29, 0.717) is 12.3 Å². The Hall–Kier alpha value is 0.250.